The van der Waals surface area contributed by atoms with E-state index in [1.165, 1.54) is 4.90 Å². The topological polar surface area (TPSA) is 66.6 Å². The first-order valence-electron chi connectivity index (χ1n) is 3.97. The van der Waals surface area contributed by atoms with Gasteiger partial charge >= 0.3 is 0 Å². The monoisotopic (exact) mass is 174 g/mol. The van der Waals surface area contributed by atoms with Gasteiger partial charge in [-0.2, -0.15) is 0 Å². The predicted molar refractivity (Wildman–Crippen MR) is 47.6 cm³/mol. The first-order chi connectivity index (χ1) is 5.24. The molecule has 0 radical (unpaired) electrons. The van der Waals surface area contributed by atoms with Crippen LogP contribution in [0.1, 0.15) is 20.8 Å². The minimum atomic E-state index is -0.862. The molecule has 0 heterocycles. The van der Waals surface area contributed by atoms with E-state index in [0.29, 0.717) is 6.54 Å². The van der Waals surface area contributed by atoms with Gasteiger partial charge in [0.2, 0.25) is 5.91 Å². The average Bonchev–Trinajstić information content (AvgIpc) is 1.82. The van der Waals surface area contributed by atoms with Gasteiger partial charge in [-0.3, -0.25) is 4.79 Å². The molecule has 0 bridgehead atoms. The molecule has 1 atom stereocenters. The van der Waals surface area contributed by atoms with Gasteiger partial charge in [-0.15, -0.1) is 0 Å². The molecule has 0 aromatic carbocycles. The van der Waals surface area contributed by atoms with Gasteiger partial charge in [-0.1, -0.05) is 0 Å². The highest BCUT2D eigenvalue weighted by atomic mass is 16.3. The lowest BCUT2D eigenvalue weighted by Gasteiger charge is -2.26. The fourth-order valence-electron chi connectivity index (χ4n) is 1.01. The van der Waals surface area contributed by atoms with Crippen LogP contribution in [0.4, 0.5) is 0 Å². The van der Waals surface area contributed by atoms with Gasteiger partial charge in [0.15, 0.2) is 0 Å². The number of aliphatic hydroxyl groups is 1. The average molecular weight is 174 g/mol. The molecule has 0 aliphatic rings. The van der Waals surface area contributed by atoms with Crippen molar-refractivity contribution in [3.8, 4) is 0 Å². The van der Waals surface area contributed by atoms with Crippen molar-refractivity contribution >= 4 is 5.91 Å². The summed E-state index contributed by atoms with van der Waals surface area (Å²) in [4.78, 5) is 12.6. The third-order valence-electron chi connectivity index (χ3n) is 1.39. The molecule has 4 heteroatoms. The molecule has 0 aromatic rings. The zero-order valence-corrected chi connectivity index (χ0v) is 8.16. The summed E-state index contributed by atoms with van der Waals surface area (Å²) in [6.07, 6.45) is 0. The fourth-order valence-corrected chi connectivity index (χ4v) is 1.01. The summed E-state index contributed by atoms with van der Waals surface area (Å²) >= 11 is 0. The van der Waals surface area contributed by atoms with Crippen molar-refractivity contribution < 1.29 is 9.90 Å². The van der Waals surface area contributed by atoms with Crippen molar-refractivity contribution in [2.24, 2.45) is 5.73 Å². The summed E-state index contributed by atoms with van der Waals surface area (Å²) in [5.41, 5.74) is 4.52. The number of rotatable bonds is 3. The molecule has 0 aromatic heterocycles. The lowest BCUT2D eigenvalue weighted by molar-refractivity contribution is -0.133. The molecule has 0 saturated carbocycles. The zero-order chi connectivity index (χ0) is 9.94. The van der Waals surface area contributed by atoms with Crippen LogP contribution in [-0.4, -0.2) is 41.1 Å². The molecule has 0 saturated heterocycles. The second-order valence-electron chi connectivity index (χ2n) is 3.80. The maximum absolute atomic E-state index is 11.2. The van der Waals surface area contributed by atoms with Gasteiger partial charge in [-0.25, -0.2) is 0 Å². The van der Waals surface area contributed by atoms with Gasteiger partial charge in [0.25, 0.3) is 0 Å². The highest BCUT2D eigenvalue weighted by molar-refractivity contribution is 5.80. The van der Waals surface area contributed by atoms with Gasteiger partial charge in [0, 0.05) is 13.6 Å². The van der Waals surface area contributed by atoms with Gasteiger partial charge in [0.1, 0.15) is 0 Å². The van der Waals surface area contributed by atoms with E-state index in [1.807, 2.05) is 0 Å². The number of carbonyl (C=O) groups excluding carboxylic acids is 1. The van der Waals surface area contributed by atoms with Crippen LogP contribution in [-0.2, 0) is 4.79 Å². The van der Waals surface area contributed by atoms with E-state index in [9.17, 15) is 9.90 Å². The Balaban J connectivity index is 4.05. The summed E-state index contributed by atoms with van der Waals surface area (Å²) in [5.74, 6) is -0.155. The highest BCUT2D eigenvalue weighted by Crippen LogP contribution is 2.03. The molecule has 0 aliphatic carbocycles. The lowest BCUT2D eigenvalue weighted by atomic mass is 10.1. The Morgan fingerprint density at radius 2 is 2.08 bits per heavy atom. The minimum Gasteiger partial charge on any atom is -0.389 e. The summed E-state index contributed by atoms with van der Waals surface area (Å²) in [6.45, 7) is 5.23. The fraction of sp³-hybridized carbons (Fsp3) is 0.875. The van der Waals surface area contributed by atoms with Gasteiger partial charge in [0.05, 0.1) is 11.6 Å². The molecule has 0 aliphatic heterocycles. The van der Waals surface area contributed by atoms with Gasteiger partial charge in [-0.05, 0) is 20.8 Å². The van der Waals surface area contributed by atoms with E-state index in [4.69, 9.17) is 5.73 Å². The summed E-state index contributed by atoms with van der Waals surface area (Å²) < 4.78 is 0. The molecule has 0 rings (SSSR count). The van der Waals surface area contributed by atoms with Crippen molar-refractivity contribution in [3.05, 3.63) is 0 Å². The third kappa shape index (κ3) is 4.31. The first kappa shape index (κ1) is 11.4. The van der Waals surface area contributed by atoms with E-state index in [1.54, 1.807) is 27.8 Å². The van der Waals surface area contributed by atoms with Crippen molar-refractivity contribution in [3.63, 3.8) is 0 Å². The van der Waals surface area contributed by atoms with Crippen molar-refractivity contribution in [2.75, 3.05) is 13.6 Å². The van der Waals surface area contributed by atoms with Crippen LogP contribution in [0.25, 0.3) is 0 Å². The number of amides is 1. The smallest absolute Gasteiger partial charge is 0.239 e. The van der Waals surface area contributed by atoms with Crippen LogP contribution < -0.4 is 5.73 Å². The normalized spacial score (nSPS) is 14.2. The Hall–Kier alpha value is -0.610. The third-order valence-corrected chi connectivity index (χ3v) is 1.39. The van der Waals surface area contributed by atoms with E-state index in [0.717, 1.165) is 0 Å². The number of nitrogens with two attached hydrogens (primary N) is 1. The molecule has 12 heavy (non-hydrogen) atoms. The minimum absolute atomic E-state index is 0.155. The molecule has 0 spiro atoms. The Morgan fingerprint density at radius 1 is 1.67 bits per heavy atom. The Morgan fingerprint density at radius 3 is 2.33 bits per heavy atom. The number of likely N-dealkylation sites (N-methyl/N-ethyl adjacent to an activating group) is 1. The Kier molecular flexibility index (Phi) is 3.67. The predicted octanol–water partition coefficient (Wildman–Crippen LogP) is -0.437. The molecule has 0 unspecified atom stereocenters. The molecule has 4 nitrogen and oxygen atoms in total. The Labute approximate surface area is 73.3 Å². The second-order valence-corrected chi connectivity index (χ2v) is 3.80. The summed E-state index contributed by atoms with van der Waals surface area (Å²) in [6, 6.07) is -0.502. The number of carbonyl (C=O) groups is 1. The standard InChI is InChI=1S/C8H18N2O2/c1-6(9)7(11)10(4)5-8(2,3)12/h6,12H,5,9H2,1-4H3/t6-/m1/s1. The van der Waals surface area contributed by atoms with Gasteiger partial charge < -0.3 is 15.7 Å². The van der Waals surface area contributed by atoms with E-state index in [2.05, 4.69) is 0 Å². The maximum atomic E-state index is 11.2. The van der Waals surface area contributed by atoms with Crippen molar-refractivity contribution in [1.82, 2.24) is 4.90 Å². The molecule has 3 N–H and O–H groups in total. The van der Waals surface area contributed by atoms with Crippen molar-refractivity contribution in [1.29, 1.82) is 0 Å². The SMILES string of the molecule is C[C@@H](N)C(=O)N(C)CC(C)(C)O. The van der Waals surface area contributed by atoms with E-state index < -0.39 is 11.6 Å². The summed E-state index contributed by atoms with van der Waals surface area (Å²) in [7, 11) is 1.63. The number of hydrogen-bond donors (Lipinski definition) is 2. The summed E-state index contributed by atoms with van der Waals surface area (Å²) in [5, 5.41) is 9.38. The molecule has 72 valence electrons. The molecular weight excluding hydrogens is 156 g/mol. The number of hydrogen-bond acceptors (Lipinski definition) is 3. The van der Waals surface area contributed by atoms with Crippen molar-refractivity contribution in [2.45, 2.75) is 32.4 Å². The quantitative estimate of drug-likeness (QED) is 0.609. The molecule has 0 fully saturated rings. The maximum Gasteiger partial charge on any atom is 0.239 e. The number of nitrogens with zero attached hydrogens (tertiary/aromatic N) is 1. The van der Waals surface area contributed by atoms with Crippen LogP contribution in [0.5, 0.6) is 0 Å². The second kappa shape index (κ2) is 3.87. The van der Waals surface area contributed by atoms with Crippen LogP contribution in [0.3, 0.4) is 0 Å². The van der Waals surface area contributed by atoms with Crippen LogP contribution in [0.2, 0.25) is 0 Å². The van der Waals surface area contributed by atoms with E-state index >= 15 is 0 Å². The lowest BCUT2D eigenvalue weighted by Crippen LogP contribution is -2.45. The molecular formula is C8H18N2O2. The van der Waals surface area contributed by atoms with Crippen LogP contribution in [0, 0.1) is 0 Å². The highest BCUT2D eigenvalue weighted by Gasteiger charge is 2.20. The Bertz CT molecular complexity index is 161. The zero-order valence-electron chi connectivity index (χ0n) is 8.16. The van der Waals surface area contributed by atoms with E-state index in [-0.39, 0.29) is 5.91 Å². The first-order valence-corrected chi connectivity index (χ1v) is 3.97. The largest absolute Gasteiger partial charge is 0.389 e. The van der Waals surface area contributed by atoms with Crippen LogP contribution in [0.15, 0.2) is 0 Å². The van der Waals surface area contributed by atoms with Crippen LogP contribution >= 0.6 is 0 Å². The molecule has 1 amide bonds.